The second-order valence-electron chi connectivity index (χ2n) is 6.69. The molecule has 0 unspecified atom stereocenters. The maximum Gasteiger partial charge on any atom is 0.322 e. The molecule has 0 fully saturated rings. The van der Waals surface area contributed by atoms with Gasteiger partial charge in [-0.3, -0.25) is 0 Å². The van der Waals surface area contributed by atoms with Crippen molar-refractivity contribution in [3.05, 3.63) is 88.6 Å². The van der Waals surface area contributed by atoms with E-state index < -0.39 is 0 Å². The summed E-state index contributed by atoms with van der Waals surface area (Å²) in [6.45, 7) is 6.45. The third-order valence-electron chi connectivity index (χ3n) is 4.43. The normalized spacial score (nSPS) is 10.7. The van der Waals surface area contributed by atoms with Crippen molar-refractivity contribution in [2.75, 3.05) is 5.32 Å². The number of amides is 2. The first-order valence-electron chi connectivity index (χ1n) is 8.84. The van der Waals surface area contributed by atoms with Gasteiger partial charge < -0.3 is 14.6 Å². The van der Waals surface area contributed by atoms with Crippen LogP contribution in [0.5, 0.6) is 0 Å². The summed E-state index contributed by atoms with van der Waals surface area (Å²) in [5, 5.41) is 3.01. The number of hydrogen-bond donors (Lipinski definition) is 1. The first-order valence-corrected chi connectivity index (χ1v) is 8.84. The summed E-state index contributed by atoms with van der Waals surface area (Å²) in [6.07, 6.45) is 0. The molecule has 0 spiro atoms. The van der Waals surface area contributed by atoms with Crippen LogP contribution in [0.4, 0.5) is 14.9 Å². The van der Waals surface area contributed by atoms with Crippen molar-refractivity contribution in [1.29, 1.82) is 0 Å². The second kappa shape index (κ2) is 8.08. The van der Waals surface area contributed by atoms with E-state index in [1.54, 1.807) is 17.0 Å². The van der Waals surface area contributed by atoms with Gasteiger partial charge in [0.15, 0.2) is 0 Å². The van der Waals surface area contributed by atoms with E-state index in [9.17, 15) is 9.18 Å². The Hall–Kier alpha value is -3.08. The van der Waals surface area contributed by atoms with Crippen LogP contribution in [0.2, 0.25) is 0 Å². The van der Waals surface area contributed by atoms with E-state index in [0.717, 1.165) is 28.1 Å². The van der Waals surface area contributed by atoms with Gasteiger partial charge in [-0.1, -0.05) is 30.3 Å². The molecular weight excluding hydrogens is 343 g/mol. The zero-order valence-electron chi connectivity index (χ0n) is 15.8. The fourth-order valence-electron chi connectivity index (χ4n) is 2.97. The molecule has 3 rings (SSSR count). The molecule has 0 bridgehead atoms. The van der Waals surface area contributed by atoms with Crippen molar-refractivity contribution >= 4 is 11.7 Å². The standard InChI is InChI=1S/C22H23FN2O2/c1-15-5-4-6-16(2)21(15)24-22(26)25(14-20-12-7-17(3)27-20)13-18-8-10-19(23)11-9-18/h4-12H,13-14H2,1-3H3,(H,24,26). The van der Waals surface area contributed by atoms with Crippen LogP contribution in [0.25, 0.3) is 0 Å². The third-order valence-corrected chi connectivity index (χ3v) is 4.43. The summed E-state index contributed by atoms with van der Waals surface area (Å²) >= 11 is 0. The summed E-state index contributed by atoms with van der Waals surface area (Å²) in [4.78, 5) is 14.6. The van der Waals surface area contributed by atoms with Crippen molar-refractivity contribution in [2.45, 2.75) is 33.9 Å². The van der Waals surface area contributed by atoms with E-state index in [1.807, 2.05) is 51.1 Å². The van der Waals surface area contributed by atoms with Crippen LogP contribution < -0.4 is 5.32 Å². The molecule has 5 heteroatoms. The molecule has 0 radical (unpaired) electrons. The highest BCUT2D eigenvalue weighted by molar-refractivity contribution is 5.91. The smallest absolute Gasteiger partial charge is 0.322 e. The van der Waals surface area contributed by atoms with Gasteiger partial charge in [0.2, 0.25) is 0 Å². The molecule has 0 aliphatic heterocycles. The number of carbonyl (C=O) groups is 1. The van der Waals surface area contributed by atoms with Gasteiger partial charge in [-0.25, -0.2) is 9.18 Å². The summed E-state index contributed by atoms with van der Waals surface area (Å²) in [5.41, 5.74) is 3.65. The van der Waals surface area contributed by atoms with Gasteiger partial charge in [0.25, 0.3) is 0 Å². The van der Waals surface area contributed by atoms with Gasteiger partial charge in [-0.05, 0) is 61.7 Å². The minimum absolute atomic E-state index is 0.231. The number of halogens is 1. The average molecular weight is 366 g/mol. The predicted octanol–water partition coefficient (Wildman–Crippen LogP) is 5.58. The topological polar surface area (TPSA) is 45.5 Å². The van der Waals surface area contributed by atoms with Crippen LogP contribution in [-0.4, -0.2) is 10.9 Å². The van der Waals surface area contributed by atoms with Crippen molar-refractivity contribution in [3.63, 3.8) is 0 Å². The Bertz CT molecular complexity index is 911. The minimum Gasteiger partial charge on any atom is -0.464 e. The number of carbonyl (C=O) groups excluding carboxylic acids is 1. The zero-order valence-corrected chi connectivity index (χ0v) is 15.8. The largest absolute Gasteiger partial charge is 0.464 e. The molecule has 27 heavy (non-hydrogen) atoms. The molecular formula is C22H23FN2O2. The lowest BCUT2D eigenvalue weighted by atomic mass is 10.1. The van der Waals surface area contributed by atoms with Crippen molar-refractivity contribution in [1.82, 2.24) is 4.90 Å². The van der Waals surface area contributed by atoms with E-state index in [4.69, 9.17) is 4.42 Å². The summed E-state index contributed by atoms with van der Waals surface area (Å²) in [5.74, 6) is 1.19. The van der Waals surface area contributed by atoms with Gasteiger partial charge in [0.05, 0.1) is 6.54 Å². The lowest BCUT2D eigenvalue weighted by Gasteiger charge is -2.23. The van der Waals surface area contributed by atoms with E-state index >= 15 is 0 Å². The van der Waals surface area contributed by atoms with E-state index in [-0.39, 0.29) is 11.8 Å². The first-order chi connectivity index (χ1) is 12.9. The lowest BCUT2D eigenvalue weighted by Crippen LogP contribution is -2.34. The highest BCUT2D eigenvalue weighted by atomic mass is 19.1. The van der Waals surface area contributed by atoms with Gasteiger partial charge in [0.1, 0.15) is 17.3 Å². The molecule has 140 valence electrons. The highest BCUT2D eigenvalue weighted by Gasteiger charge is 2.18. The molecule has 4 nitrogen and oxygen atoms in total. The Labute approximate surface area is 158 Å². The number of urea groups is 1. The zero-order chi connectivity index (χ0) is 19.4. The van der Waals surface area contributed by atoms with Crippen molar-refractivity contribution in [2.24, 2.45) is 0 Å². The fourth-order valence-corrected chi connectivity index (χ4v) is 2.97. The second-order valence-corrected chi connectivity index (χ2v) is 6.69. The molecule has 0 atom stereocenters. The van der Waals surface area contributed by atoms with Crippen LogP contribution in [0.1, 0.15) is 28.2 Å². The molecule has 0 aliphatic rings. The van der Waals surface area contributed by atoms with Crippen LogP contribution in [0, 0.1) is 26.6 Å². The SMILES string of the molecule is Cc1ccc(CN(Cc2ccc(F)cc2)C(=O)Nc2c(C)cccc2C)o1. The first kappa shape index (κ1) is 18.7. The predicted molar refractivity (Wildman–Crippen MR) is 104 cm³/mol. The molecule has 0 saturated heterocycles. The Morgan fingerprint density at radius 2 is 1.63 bits per heavy atom. The Kier molecular flexibility index (Phi) is 5.60. The summed E-state index contributed by atoms with van der Waals surface area (Å²) in [6, 6.07) is 15.5. The molecule has 1 aromatic heterocycles. The van der Waals surface area contributed by atoms with Crippen LogP contribution in [0.3, 0.4) is 0 Å². The Balaban J connectivity index is 1.83. The molecule has 0 aliphatic carbocycles. The number of benzene rings is 2. The van der Waals surface area contributed by atoms with Crippen molar-refractivity contribution in [3.8, 4) is 0 Å². The maximum atomic E-state index is 13.2. The van der Waals surface area contributed by atoms with Gasteiger partial charge in [-0.2, -0.15) is 0 Å². The monoisotopic (exact) mass is 366 g/mol. The third kappa shape index (κ3) is 4.76. The van der Waals surface area contributed by atoms with Crippen LogP contribution in [-0.2, 0) is 13.1 Å². The molecule has 1 heterocycles. The molecule has 2 aromatic carbocycles. The minimum atomic E-state index is -0.299. The number of para-hydroxylation sites is 1. The van der Waals surface area contributed by atoms with Crippen LogP contribution >= 0.6 is 0 Å². The summed E-state index contributed by atoms with van der Waals surface area (Å²) < 4.78 is 18.8. The number of hydrogen-bond acceptors (Lipinski definition) is 2. The Morgan fingerprint density at radius 3 is 2.22 bits per heavy atom. The quantitative estimate of drug-likeness (QED) is 0.641. The molecule has 0 saturated carbocycles. The number of nitrogens with one attached hydrogen (secondary N) is 1. The Morgan fingerprint density at radius 1 is 0.963 bits per heavy atom. The van der Waals surface area contributed by atoms with Gasteiger partial charge in [0, 0.05) is 12.2 Å². The van der Waals surface area contributed by atoms with Crippen LogP contribution in [0.15, 0.2) is 59.0 Å². The van der Waals surface area contributed by atoms with Crippen molar-refractivity contribution < 1.29 is 13.6 Å². The van der Waals surface area contributed by atoms with E-state index in [1.165, 1.54) is 12.1 Å². The molecule has 3 aromatic rings. The number of rotatable bonds is 5. The number of furan rings is 1. The summed E-state index contributed by atoms with van der Waals surface area (Å²) in [7, 11) is 0. The maximum absolute atomic E-state index is 13.2. The van der Waals surface area contributed by atoms with Gasteiger partial charge >= 0.3 is 6.03 Å². The molecule has 2 amide bonds. The molecule has 1 N–H and O–H groups in total. The van der Waals surface area contributed by atoms with E-state index in [2.05, 4.69) is 5.32 Å². The number of anilines is 1. The fraction of sp³-hybridized carbons (Fsp3) is 0.227. The van der Waals surface area contributed by atoms with Gasteiger partial charge in [-0.15, -0.1) is 0 Å². The highest BCUT2D eigenvalue weighted by Crippen LogP contribution is 2.21. The lowest BCUT2D eigenvalue weighted by molar-refractivity contribution is 0.201. The number of nitrogens with zero attached hydrogens (tertiary/aromatic N) is 1. The average Bonchev–Trinajstić information content (AvgIpc) is 3.04. The van der Waals surface area contributed by atoms with E-state index in [0.29, 0.717) is 18.8 Å². The number of aryl methyl sites for hydroxylation is 3.